The van der Waals surface area contributed by atoms with E-state index in [2.05, 4.69) is 8.80 Å². The topological polar surface area (TPSA) is 93.0 Å². The second-order valence-corrected chi connectivity index (χ2v) is 11.0. The van der Waals surface area contributed by atoms with Gasteiger partial charge in [0.15, 0.2) is 0 Å². The van der Waals surface area contributed by atoms with Gasteiger partial charge in [-0.25, -0.2) is 0 Å². The number of nitrogens with zero attached hydrogens (tertiary/aromatic N) is 2. The molecule has 0 aromatic heterocycles. The van der Waals surface area contributed by atoms with E-state index >= 15 is 0 Å². The van der Waals surface area contributed by atoms with Crippen LogP contribution in [0.4, 0.5) is 0 Å². The zero-order chi connectivity index (χ0) is 24.3. The van der Waals surface area contributed by atoms with Crippen molar-refractivity contribution in [1.82, 2.24) is 0 Å². The Bertz CT molecular complexity index is 1400. The zero-order valence-corrected chi connectivity index (χ0v) is 20.5. The molecule has 0 bridgehead atoms. The highest BCUT2D eigenvalue weighted by Gasteiger charge is 2.22. The third-order valence-corrected chi connectivity index (χ3v) is 8.18. The van der Waals surface area contributed by atoms with Crippen molar-refractivity contribution in [2.45, 2.75) is 36.5 Å². The van der Waals surface area contributed by atoms with Crippen LogP contribution in [-0.4, -0.2) is 28.3 Å². The van der Waals surface area contributed by atoms with Crippen molar-refractivity contribution in [3.05, 3.63) is 107 Å². The minimum absolute atomic E-state index is 0.0978. The summed E-state index contributed by atoms with van der Waals surface area (Å²) in [5.74, 6) is 0. The molecular formula is C26H24N2O4S2. The summed E-state index contributed by atoms with van der Waals surface area (Å²) in [7, 11) is -7.90. The molecule has 1 aliphatic rings. The molecule has 0 heterocycles. The lowest BCUT2D eigenvalue weighted by Gasteiger charge is -2.15. The number of rotatable bonds is 6. The molecule has 6 nitrogen and oxygen atoms in total. The van der Waals surface area contributed by atoms with Crippen LogP contribution in [0.25, 0.3) is 0 Å². The van der Waals surface area contributed by atoms with Gasteiger partial charge in [-0.3, -0.25) is 0 Å². The number of sulfonamides is 2. The van der Waals surface area contributed by atoms with E-state index in [0.29, 0.717) is 11.1 Å². The standard InChI is InChI=1S/C26H24N2O4S2/c1-3-19-9-13-21(14-10-19)33(29,30)27-25-17-18-26(24-8-6-5-7-23(24)25)28-34(31,32)22-15-11-20(4-2)12-16-22/h5-18H,3-4H2,1-2H3/b27-25-,28-26+. The van der Waals surface area contributed by atoms with E-state index in [1.165, 1.54) is 12.2 Å². The molecule has 3 aromatic rings. The first-order chi connectivity index (χ1) is 16.2. The number of hydrogen-bond acceptors (Lipinski definition) is 4. The third kappa shape index (κ3) is 4.93. The second kappa shape index (κ2) is 9.48. The van der Waals surface area contributed by atoms with Crippen molar-refractivity contribution < 1.29 is 16.8 Å². The van der Waals surface area contributed by atoms with Gasteiger partial charge in [0.1, 0.15) is 0 Å². The number of fused-ring (bicyclic) bond motifs is 1. The molecule has 1 aliphatic carbocycles. The quantitative estimate of drug-likeness (QED) is 0.497. The van der Waals surface area contributed by atoms with E-state index < -0.39 is 20.0 Å². The molecule has 0 aliphatic heterocycles. The lowest BCUT2D eigenvalue weighted by atomic mass is 9.94. The maximum absolute atomic E-state index is 12.9. The Morgan fingerprint density at radius 2 is 0.912 bits per heavy atom. The Labute approximate surface area is 200 Å². The zero-order valence-electron chi connectivity index (χ0n) is 18.8. The van der Waals surface area contributed by atoms with Crippen LogP contribution >= 0.6 is 0 Å². The number of aryl methyl sites for hydroxylation is 2. The average Bonchev–Trinajstić information content (AvgIpc) is 2.85. The summed E-state index contributed by atoms with van der Waals surface area (Å²) in [5, 5.41) is 0. The van der Waals surface area contributed by atoms with Gasteiger partial charge in [0, 0.05) is 11.1 Å². The SMILES string of the molecule is CCc1ccc(S(=O)(=O)/N=C2C=C/C(=N\S(=O)(=O)c3ccc(CC)cc3)c3ccccc3/2)cc1. The normalized spacial score (nSPS) is 16.1. The van der Waals surface area contributed by atoms with Gasteiger partial charge in [0.25, 0.3) is 20.0 Å². The van der Waals surface area contributed by atoms with Crippen LogP contribution in [0.3, 0.4) is 0 Å². The summed E-state index contributed by atoms with van der Waals surface area (Å²) < 4.78 is 59.7. The Kier molecular flexibility index (Phi) is 6.63. The molecule has 174 valence electrons. The molecule has 0 fully saturated rings. The van der Waals surface area contributed by atoms with Crippen LogP contribution in [0.2, 0.25) is 0 Å². The van der Waals surface area contributed by atoms with E-state index in [1.54, 1.807) is 72.8 Å². The highest BCUT2D eigenvalue weighted by Crippen LogP contribution is 2.23. The molecule has 4 rings (SSSR count). The molecule has 0 radical (unpaired) electrons. The molecule has 0 atom stereocenters. The molecular weight excluding hydrogens is 468 g/mol. The predicted molar refractivity (Wildman–Crippen MR) is 135 cm³/mol. The van der Waals surface area contributed by atoms with Gasteiger partial charge in [-0.2, -0.15) is 25.6 Å². The summed E-state index contributed by atoms with van der Waals surface area (Å²) in [5.41, 5.74) is 3.49. The summed E-state index contributed by atoms with van der Waals surface area (Å²) in [4.78, 5) is 0.196. The van der Waals surface area contributed by atoms with Crippen LogP contribution < -0.4 is 0 Å². The van der Waals surface area contributed by atoms with E-state index in [1.807, 2.05) is 13.8 Å². The fourth-order valence-corrected chi connectivity index (χ4v) is 5.59. The molecule has 0 amide bonds. The Balaban J connectivity index is 1.74. The Morgan fingerprint density at radius 3 is 1.24 bits per heavy atom. The fraction of sp³-hybridized carbons (Fsp3) is 0.154. The molecule has 0 saturated heterocycles. The van der Waals surface area contributed by atoms with E-state index in [-0.39, 0.29) is 21.2 Å². The van der Waals surface area contributed by atoms with Crippen LogP contribution in [0, 0.1) is 0 Å². The van der Waals surface area contributed by atoms with Gasteiger partial charge in [-0.1, -0.05) is 62.4 Å². The largest absolute Gasteiger partial charge is 0.282 e. The van der Waals surface area contributed by atoms with Gasteiger partial charge >= 0.3 is 0 Å². The number of hydrogen-bond donors (Lipinski definition) is 0. The first-order valence-corrected chi connectivity index (χ1v) is 13.8. The monoisotopic (exact) mass is 492 g/mol. The summed E-state index contributed by atoms with van der Waals surface area (Å²) >= 11 is 0. The van der Waals surface area contributed by atoms with Crippen molar-refractivity contribution in [2.24, 2.45) is 8.80 Å². The smallest absolute Gasteiger partial charge is 0.199 e. The van der Waals surface area contributed by atoms with E-state index in [0.717, 1.165) is 24.0 Å². The van der Waals surface area contributed by atoms with Crippen molar-refractivity contribution >= 4 is 31.5 Å². The van der Waals surface area contributed by atoms with Gasteiger partial charge in [-0.05, 0) is 60.4 Å². The van der Waals surface area contributed by atoms with Crippen LogP contribution in [-0.2, 0) is 32.9 Å². The first kappa shape index (κ1) is 23.8. The minimum atomic E-state index is -3.95. The second-order valence-electron chi connectivity index (χ2n) is 7.78. The third-order valence-electron chi connectivity index (χ3n) is 5.57. The van der Waals surface area contributed by atoms with Gasteiger partial charge < -0.3 is 0 Å². The molecule has 34 heavy (non-hydrogen) atoms. The maximum Gasteiger partial charge on any atom is 0.282 e. The summed E-state index contributed by atoms with van der Waals surface area (Å²) in [6.07, 6.45) is 4.57. The van der Waals surface area contributed by atoms with E-state index in [4.69, 9.17) is 0 Å². The number of allylic oxidation sites excluding steroid dienone is 2. The van der Waals surface area contributed by atoms with Crippen molar-refractivity contribution in [3.8, 4) is 0 Å². The van der Waals surface area contributed by atoms with Gasteiger partial charge in [0.05, 0.1) is 21.2 Å². The van der Waals surface area contributed by atoms with Gasteiger partial charge in [0.2, 0.25) is 0 Å². The molecule has 3 aromatic carbocycles. The molecule has 0 spiro atoms. The minimum Gasteiger partial charge on any atom is -0.199 e. The van der Waals surface area contributed by atoms with Crippen molar-refractivity contribution in [2.75, 3.05) is 0 Å². The lowest BCUT2D eigenvalue weighted by molar-refractivity contribution is 0.596. The lowest BCUT2D eigenvalue weighted by Crippen LogP contribution is -2.16. The van der Waals surface area contributed by atoms with Crippen LogP contribution in [0.1, 0.15) is 36.1 Å². The highest BCUT2D eigenvalue weighted by molar-refractivity contribution is 7.90. The average molecular weight is 493 g/mol. The molecule has 0 saturated carbocycles. The van der Waals surface area contributed by atoms with Crippen LogP contribution in [0.15, 0.2) is 104 Å². The number of benzene rings is 3. The van der Waals surface area contributed by atoms with E-state index in [9.17, 15) is 16.8 Å². The molecule has 8 heteroatoms. The van der Waals surface area contributed by atoms with Crippen LogP contribution in [0.5, 0.6) is 0 Å². The fourth-order valence-electron chi connectivity index (χ4n) is 3.59. The Morgan fingerprint density at radius 1 is 0.559 bits per heavy atom. The molecule has 0 N–H and O–H groups in total. The van der Waals surface area contributed by atoms with Crippen molar-refractivity contribution in [3.63, 3.8) is 0 Å². The maximum atomic E-state index is 12.9. The van der Waals surface area contributed by atoms with Crippen molar-refractivity contribution in [1.29, 1.82) is 0 Å². The Hall–Kier alpha value is -3.36. The first-order valence-electron chi connectivity index (χ1n) is 10.9. The predicted octanol–water partition coefficient (Wildman–Crippen LogP) is 4.74. The van der Waals surface area contributed by atoms with Gasteiger partial charge in [-0.15, -0.1) is 0 Å². The summed E-state index contributed by atoms with van der Waals surface area (Å²) in [6.45, 7) is 3.99. The highest BCUT2D eigenvalue weighted by atomic mass is 32.2. The summed E-state index contributed by atoms with van der Waals surface area (Å²) in [6, 6.07) is 20.1. The molecule has 0 unspecified atom stereocenters.